The molecule has 12 heteroatoms. The van der Waals surface area contributed by atoms with E-state index < -0.39 is 29.5 Å². The van der Waals surface area contributed by atoms with Crippen molar-refractivity contribution in [1.29, 1.82) is 0 Å². The van der Waals surface area contributed by atoms with Crippen molar-refractivity contribution in [3.8, 4) is 0 Å². The molecule has 3 N–H and O–H groups in total. The van der Waals surface area contributed by atoms with Crippen LogP contribution in [0.25, 0.3) is 10.9 Å². The second-order valence-corrected chi connectivity index (χ2v) is 9.33. The summed E-state index contributed by atoms with van der Waals surface area (Å²) in [5.41, 5.74) is 2.10. The molecule has 4 rings (SSSR count). The summed E-state index contributed by atoms with van der Waals surface area (Å²) in [4.78, 5) is 38.2. The average Bonchev–Trinajstić information content (AvgIpc) is 3.17. The molecule has 0 saturated carbocycles. The zero-order valence-corrected chi connectivity index (χ0v) is 21.2. The van der Waals surface area contributed by atoms with E-state index in [0.717, 1.165) is 25.8 Å². The van der Waals surface area contributed by atoms with Gasteiger partial charge < -0.3 is 10.6 Å². The largest absolute Gasteiger partial charge is 0.416 e. The van der Waals surface area contributed by atoms with Gasteiger partial charge in [-0.05, 0) is 66.7 Å². The minimum atomic E-state index is -4.61. The fourth-order valence-corrected chi connectivity index (χ4v) is 3.96. The molecular weight excluding hydrogens is 609 g/mol. The molecule has 0 unspecified atom stereocenters. The van der Waals surface area contributed by atoms with Gasteiger partial charge in [0.1, 0.15) is 5.69 Å². The number of hydrogen-bond donors (Lipinski definition) is 3. The Morgan fingerprint density at radius 3 is 2.14 bits per heavy atom. The van der Waals surface area contributed by atoms with Crippen molar-refractivity contribution in [3.05, 3.63) is 93.0 Å². The summed E-state index contributed by atoms with van der Waals surface area (Å²) in [5, 5.41) is 5.44. The topological polar surface area (TPSA) is 92.2 Å². The molecule has 184 valence electrons. The molecule has 4 aromatic rings. The molecule has 0 fully saturated rings. The van der Waals surface area contributed by atoms with Crippen LogP contribution in [0.5, 0.6) is 0 Å². The molecule has 3 aromatic carbocycles. The van der Waals surface area contributed by atoms with Crippen LogP contribution in [0.15, 0.2) is 81.7 Å². The van der Waals surface area contributed by atoms with Crippen molar-refractivity contribution < 1.29 is 27.6 Å². The number of halogens is 5. The summed E-state index contributed by atoms with van der Waals surface area (Å²) in [7, 11) is 0. The maximum Gasteiger partial charge on any atom is 0.416 e. The number of nitrogens with zero attached hydrogens (tertiary/aromatic N) is 1. The summed E-state index contributed by atoms with van der Waals surface area (Å²) >= 11 is 6.66. The SMILES string of the molecule is O=C(Nc1cccc(C(F)(F)F)c1)C(=O)Nn1c(C(=O)Nc2ccc(Br)cc2)cc2cc(Br)ccc21. The van der Waals surface area contributed by atoms with Gasteiger partial charge in [0.2, 0.25) is 0 Å². The van der Waals surface area contributed by atoms with Crippen LogP contribution in [0.3, 0.4) is 0 Å². The predicted octanol–water partition coefficient (Wildman–Crippen LogP) is 6.15. The van der Waals surface area contributed by atoms with Gasteiger partial charge in [-0.1, -0.05) is 37.9 Å². The molecule has 3 amide bonds. The maximum atomic E-state index is 13.0. The van der Waals surface area contributed by atoms with E-state index in [-0.39, 0.29) is 11.4 Å². The molecule has 0 aliphatic carbocycles. The Bertz CT molecular complexity index is 1480. The van der Waals surface area contributed by atoms with Crippen molar-refractivity contribution in [2.24, 2.45) is 0 Å². The zero-order chi connectivity index (χ0) is 26.0. The van der Waals surface area contributed by atoms with Crippen molar-refractivity contribution in [2.75, 3.05) is 16.1 Å². The predicted molar refractivity (Wildman–Crippen MR) is 136 cm³/mol. The van der Waals surface area contributed by atoms with Crippen LogP contribution in [0.2, 0.25) is 0 Å². The number of fused-ring (bicyclic) bond motifs is 1. The summed E-state index contributed by atoms with van der Waals surface area (Å²) < 4.78 is 41.5. The van der Waals surface area contributed by atoms with Crippen LogP contribution in [-0.2, 0) is 15.8 Å². The second kappa shape index (κ2) is 10.2. The van der Waals surface area contributed by atoms with Crippen LogP contribution in [-0.4, -0.2) is 22.4 Å². The van der Waals surface area contributed by atoms with Gasteiger partial charge in [-0.15, -0.1) is 0 Å². The highest BCUT2D eigenvalue weighted by atomic mass is 79.9. The standard InChI is InChI=1S/C24H15Br2F3N4O3/c25-15-4-7-17(8-5-15)30-21(34)20-11-13-10-16(26)6-9-19(13)33(20)32-23(36)22(35)31-18-3-1-2-14(12-18)24(27,28)29/h1-12H,(H,30,34)(H,31,35)(H,32,36). The Morgan fingerprint density at radius 2 is 1.44 bits per heavy atom. The van der Waals surface area contributed by atoms with Crippen LogP contribution >= 0.6 is 31.9 Å². The number of alkyl halides is 3. The van der Waals surface area contributed by atoms with Crippen LogP contribution in [0.4, 0.5) is 24.5 Å². The summed E-state index contributed by atoms with van der Waals surface area (Å²) in [6.07, 6.45) is -4.61. The molecular formula is C24H15Br2F3N4O3. The Balaban J connectivity index is 1.60. The summed E-state index contributed by atoms with van der Waals surface area (Å²) in [6.45, 7) is 0. The van der Waals surface area contributed by atoms with E-state index in [0.29, 0.717) is 22.7 Å². The highest BCUT2D eigenvalue weighted by Gasteiger charge is 2.30. The number of carbonyl (C=O) groups excluding carboxylic acids is 3. The van der Waals surface area contributed by atoms with Gasteiger partial charge >= 0.3 is 18.0 Å². The molecule has 7 nitrogen and oxygen atoms in total. The number of hydrogen-bond acceptors (Lipinski definition) is 3. The number of amides is 3. The van der Waals surface area contributed by atoms with Crippen LogP contribution < -0.4 is 16.1 Å². The Morgan fingerprint density at radius 1 is 0.750 bits per heavy atom. The molecule has 1 aromatic heterocycles. The third-order valence-corrected chi connectivity index (χ3v) is 5.99. The van der Waals surface area contributed by atoms with E-state index in [4.69, 9.17) is 0 Å². The van der Waals surface area contributed by atoms with Gasteiger partial charge in [0.15, 0.2) is 0 Å². The van der Waals surface area contributed by atoms with Crippen LogP contribution in [0, 0.1) is 0 Å². The first-order chi connectivity index (χ1) is 17.0. The quantitative estimate of drug-likeness (QED) is 0.238. The first kappa shape index (κ1) is 25.5. The minimum Gasteiger partial charge on any atom is -0.321 e. The van der Waals surface area contributed by atoms with Gasteiger partial charge in [-0.3, -0.25) is 19.8 Å². The lowest BCUT2D eigenvalue weighted by Gasteiger charge is -2.13. The van der Waals surface area contributed by atoms with Gasteiger partial charge in [0, 0.05) is 25.7 Å². The number of aromatic nitrogens is 1. The molecule has 1 heterocycles. The smallest absolute Gasteiger partial charge is 0.321 e. The van der Waals surface area contributed by atoms with E-state index in [9.17, 15) is 27.6 Å². The molecule has 0 aliphatic rings. The monoisotopic (exact) mass is 622 g/mol. The molecule has 0 aliphatic heterocycles. The van der Waals surface area contributed by atoms with E-state index in [2.05, 4.69) is 47.9 Å². The molecule has 0 spiro atoms. The normalized spacial score (nSPS) is 11.2. The Labute approximate surface area is 218 Å². The van der Waals surface area contributed by atoms with Crippen molar-refractivity contribution in [1.82, 2.24) is 4.68 Å². The lowest BCUT2D eigenvalue weighted by atomic mass is 10.2. The minimum absolute atomic E-state index is 0.0197. The molecule has 0 bridgehead atoms. The molecule has 0 atom stereocenters. The lowest BCUT2D eigenvalue weighted by molar-refractivity contribution is -0.137. The van der Waals surface area contributed by atoms with E-state index in [1.807, 2.05) is 0 Å². The Hall–Kier alpha value is -3.64. The number of benzene rings is 3. The zero-order valence-electron chi connectivity index (χ0n) is 18.0. The second-order valence-electron chi connectivity index (χ2n) is 7.50. The summed E-state index contributed by atoms with van der Waals surface area (Å²) in [6, 6.07) is 17.3. The first-order valence-electron chi connectivity index (χ1n) is 10.2. The van der Waals surface area contributed by atoms with E-state index >= 15 is 0 Å². The molecule has 0 saturated heterocycles. The third-order valence-electron chi connectivity index (χ3n) is 4.97. The number of anilines is 2. The van der Waals surface area contributed by atoms with Gasteiger partial charge in [0.05, 0.1) is 11.1 Å². The lowest BCUT2D eigenvalue weighted by Crippen LogP contribution is -2.36. The van der Waals surface area contributed by atoms with E-state index in [1.165, 1.54) is 12.1 Å². The van der Waals surface area contributed by atoms with Crippen molar-refractivity contribution in [2.45, 2.75) is 6.18 Å². The van der Waals surface area contributed by atoms with Gasteiger partial charge in [-0.25, -0.2) is 4.68 Å². The average molecular weight is 624 g/mol. The fraction of sp³-hybridized carbons (Fsp3) is 0.0417. The summed E-state index contributed by atoms with van der Waals surface area (Å²) in [5.74, 6) is -2.97. The number of nitrogens with one attached hydrogen (secondary N) is 3. The van der Waals surface area contributed by atoms with Crippen molar-refractivity contribution in [3.63, 3.8) is 0 Å². The highest BCUT2D eigenvalue weighted by Crippen LogP contribution is 2.30. The highest BCUT2D eigenvalue weighted by molar-refractivity contribution is 9.10. The first-order valence-corrected chi connectivity index (χ1v) is 11.8. The maximum absolute atomic E-state index is 13.0. The fourth-order valence-electron chi connectivity index (χ4n) is 3.32. The number of rotatable bonds is 4. The Kier molecular flexibility index (Phi) is 7.18. The molecule has 0 radical (unpaired) electrons. The molecule has 36 heavy (non-hydrogen) atoms. The van der Waals surface area contributed by atoms with E-state index in [1.54, 1.807) is 42.5 Å². The third kappa shape index (κ3) is 5.77. The van der Waals surface area contributed by atoms with Crippen molar-refractivity contribution >= 4 is 71.9 Å². The van der Waals surface area contributed by atoms with Gasteiger partial charge in [0.25, 0.3) is 5.91 Å². The van der Waals surface area contributed by atoms with Gasteiger partial charge in [-0.2, -0.15) is 13.2 Å². The van der Waals surface area contributed by atoms with Crippen LogP contribution in [0.1, 0.15) is 16.1 Å². The number of carbonyl (C=O) groups is 3.